The first-order valence-corrected chi connectivity index (χ1v) is 6.50. The van der Waals surface area contributed by atoms with Gasteiger partial charge in [-0.15, -0.1) is 0 Å². The standard InChI is InChI=1S/C14H14N6O/c1-2-21-13-12(20-9-16-8-17-20)11(18-14(15)19-13)10-6-4-3-5-7-10/h3-9H,2H2,1H3,(H2,15,18,19). The Morgan fingerprint density at radius 2 is 2.00 bits per heavy atom. The molecule has 2 heterocycles. The van der Waals surface area contributed by atoms with Gasteiger partial charge in [-0.05, 0) is 6.92 Å². The van der Waals surface area contributed by atoms with E-state index in [0.717, 1.165) is 5.56 Å². The van der Waals surface area contributed by atoms with Crippen LogP contribution in [0.1, 0.15) is 6.92 Å². The second kappa shape index (κ2) is 5.58. The molecular formula is C14H14N6O. The van der Waals surface area contributed by atoms with Crippen molar-refractivity contribution in [1.29, 1.82) is 0 Å². The van der Waals surface area contributed by atoms with Crippen molar-refractivity contribution in [3.63, 3.8) is 0 Å². The van der Waals surface area contributed by atoms with E-state index >= 15 is 0 Å². The third-order valence-corrected chi connectivity index (χ3v) is 2.85. The van der Waals surface area contributed by atoms with Crippen molar-refractivity contribution in [2.45, 2.75) is 6.92 Å². The van der Waals surface area contributed by atoms with Gasteiger partial charge in [0.2, 0.25) is 11.8 Å². The molecule has 3 rings (SSSR count). The van der Waals surface area contributed by atoms with Gasteiger partial charge in [-0.3, -0.25) is 0 Å². The van der Waals surface area contributed by atoms with Gasteiger partial charge >= 0.3 is 0 Å². The number of aromatic nitrogens is 5. The Morgan fingerprint density at radius 1 is 1.19 bits per heavy atom. The molecule has 1 aromatic carbocycles. The number of nitrogens with zero attached hydrogens (tertiary/aromatic N) is 5. The zero-order valence-electron chi connectivity index (χ0n) is 11.5. The molecule has 2 N–H and O–H groups in total. The van der Waals surface area contributed by atoms with Crippen LogP contribution in [-0.2, 0) is 0 Å². The Labute approximate surface area is 121 Å². The summed E-state index contributed by atoms with van der Waals surface area (Å²) in [5.41, 5.74) is 7.97. The minimum Gasteiger partial charge on any atom is -0.476 e. The highest BCUT2D eigenvalue weighted by molar-refractivity contribution is 5.72. The van der Waals surface area contributed by atoms with E-state index in [1.807, 2.05) is 37.3 Å². The maximum Gasteiger partial charge on any atom is 0.245 e. The molecule has 3 aromatic rings. The van der Waals surface area contributed by atoms with Crippen molar-refractivity contribution in [3.05, 3.63) is 43.0 Å². The van der Waals surface area contributed by atoms with Gasteiger partial charge in [0.05, 0.1) is 6.61 Å². The van der Waals surface area contributed by atoms with Crippen molar-refractivity contribution >= 4 is 5.95 Å². The van der Waals surface area contributed by atoms with Crippen LogP contribution in [0.3, 0.4) is 0 Å². The molecule has 0 spiro atoms. The first-order valence-electron chi connectivity index (χ1n) is 6.50. The van der Waals surface area contributed by atoms with Crippen molar-refractivity contribution in [1.82, 2.24) is 24.7 Å². The summed E-state index contributed by atoms with van der Waals surface area (Å²) in [4.78, 5) is 12.5. The summed E-state index contributed by atoms with van der Waals surface area (Å²) in [6.45, 7) is 2.35. The molecule has 0 aliphatic rings. The average Bonchev–Trinajstić information content (AvgIpc) is 3.02. The van der Waals surface area contributed by atoms with E-state index in [1.165, 1.54) is 6.33 Å². The topological polar surface area (TPSA) is 91.7 Å². The number of ether oxygens (including phenoxy) is 1. The fourth-order valence-electron chi connectivity index (χ4n) is 2.02. The van der Waals surface area contributed by atoms with Crippen molar-refractivity contribution in [2.24, 2.45) is 0 Å². The van der Waals surface area contributed by atoms with Gasteiger partial charge in [0.25, 0.3) is 0 Å². The Balaban J connectivity index is 2.27. The summed E-state index contributed by atoms with van der Waals surface area (Å²) < 4.78 is 7.16. The lowest BCUT2D eigenvalue weighted by atomic mass is 10.1. The van der Waals surface area contributed by atoms with Gasteiger partial charge in [-0.2, -0.15) is 10.1 Å². The van der Waals surface area contributed by atoms with Crippen molar-refractivity contribution in [3.8, 4) is 22.8 Å². The largest absolute Gasteiger partial charge is 0.476 e. The van der Waals surface area contributed by atoms with Gasteiger partial charge in [0, 0.05) is 5.56 Å². The molecule has 0 saturated heterocycles. The lowest BCUT2D eigenvalue weighted by molar-refractivity contribution is 0.325. The summed E-state index contributed by atoms with van der Waals surface area (Å²) in [5, 5.41) is 4.15. The van der Waals surface area contributed by atoms with Crippen LogP contribution in [0.5, 0.6) is 5.88 Å². The maximum atomic E-state index is 5.80. The molecule has 0 amide bonds. The molecule has 0 bridgehead atoms. The van der Waals surface area contributed by atoms with Gasteiger partial charge in [0.15, 0.2) is 5.69 Å². The van der Waals surface area contributed by atoms with Crippen LogP contribution in [0.25, 0.3) is 16.9 Å². The number of nitrogen functional groups attached to an aromatic ring is 1. The van der Waals surface area contributed by atoms with E-state index in [2.05, 4.69) is 20.1 Å². The number of nitrogens with two attached hydrogens (primary N) is 1. The maximum absolute atomic E-state index is 5.80. The highest BCUT2D eigenvalue weighted by Gasteiger charge is 2.18. The molecule has 0 aliphatic heterocycles. The number of benzene rings is 1. The lowest BCUT2D eigenvalue weighted by Gasteiger charge is -2.13. The highest BCUT2D eigenvalue weighted by atomic mass is 16.5. The number of hydrogen-bond donors (Lipinski definition) is 1. The summed E-state index contributed by atoms with van der Waals surface area (Å²) in [6.07, 6.45) is 3.02. The van der Waals surface area contributed by atoms with Crippen LogP contribution in [0.4, 0.5) is 5.95 Å². The number of hydrogen-bond acceptors (Lipinski definition) is 6. The summed E-state index contributed by atoms with van der Waals surface area (Å²) in [5.74, 6) is 0.538. The van der Waals surface area contributed by atoms with E-state index in [4.69, 9.17) is 10.5 Å². The van der Waals surface area contributed by atoms with Crippen LogP contribution in [-0.4, -0.2) is 31.3 Å². The summed E-state index contributed by atoms with van der Waals surface area (Å²) in [7, 11) is 0. The molecule has 7 nitrogen and oxygen atoms in total. The predicted octanol–water partition coefficient (Wildman–Crippen LogP) is 1.71. The van der Waals surface area contributed by atoms with Crippen LogP contribution in [0, 0.1) is 0 Å². The van der Waals surface area contributed by atoms with Crippen molar-refractivity contribution < 1.29 is 4.74 Å². The van der Waals surface area contributed by atoms with Crippen molar-refractivity contribution in [2.75, 3.05) is 12.3 Å². The number of anilines is 1. The van der Waals surface area contributed by atoms with Crippen LogP contribution in [0.2, 0.25) is 0 Å². The van der Waals surface area contributed by atoms with Gasteiger partial charge in [-0.25, -0.2) is 14.6 Å². The Kier molecular flexibility index (Phi) is 3.46. The minimum absolute atomic E-state index is 0.154. The van der Waals surface area contributed by atoms with E-state index in [1.54, 1.807) is 11.0 Å². The first kappa shape index (κ1) is 13.0. The molecule has 0 saturated carbocycles. The van der Waals surface area contributed by atoms with E-state index in [9.17, 15) is 0 Å². The summed E-state index contributed by atoms with van der Waals surface area (Å²) in [6, 6.07) is 9.68. The Morgan fingerprint density at radius 3 is 2.67 bits per heavy atom. The molecule has 2 aromatic heterocycles. The van der Waals surface area contributed by atoms with Crippen LogP contribution >= 0.6 is 0 Å². The third-order valence-electron chi connectivity index (χ3n) is 2.85. The molecule has 7 heteroatoms. The second-order valence-electron chi connectivity index (χ2n) is 4.22. The molecular weight excluding hydrogens is 268 g/mol. The third kappa shape index (κ3) is 2.53. The predicted molar refractivity (Wildman–Crippen MR) is 78.0 cm³/mol. The second-order valence-corrected chi connectivity index (χ2v) is 4.22. The Bertz CT molecular complexity index is 727. The lowest BCUT2D eigenvalue weighted by Crippen LogP contribution is -2.09. The van der Waals surface area contributed by atoms with Gasteiger partial charge in [0.1, 0.15) is 18.3 Å². The number of rotatable bonds is 4. The first-order chi connectivity index (χ1) is 10.3. The fourth-order valence-corrected chi connectivity index (χ4v) is 2.02. The molecule has 0 aliphatic carbocycles. The normalized spacial score (nSPS) is 10.5. The Hall–Kier alpha value is -2.96. The molecule has 0 unspecified atom stereocenters. The zero-order chi connectivity index (χ0) is 14.7. The minimum atomic E-state index is 0.154. The monoisotopic (exact) mass is 282 g/mol. The van der Waals surface area contributed by atoms with E-state index in [0.29, 0.717) is 23.9 Å². The molecule has 0 atom stereocenters. The quantitative estimate of drug-likeness (QED) is 0.783. The fraction of sp³-hybridized carbons (Fsp3) is 0.143. The van der Waals surface area contributed by atoms with Crippen LogP contribution < -0.4 is 10.5 Å². The van der Waals surface area contributed by atoms with Crippen LogP contribution in [0.15, 0.2) is 43.0 Å². The van der Waals surface area contributed by atoms with Gasteiger partial charge < -0.3 is 10.5 Å². The van der Waals surface area contributed by atoms with E-state index < -0.39 is 0 Å². The highest BCUT2D eigenvalue weighted by Crippen LogP contribution is 2.31. The average molecular weight is 282 g/mol. The van der Waals surface area contributed by atoms with E-state index in [-0.39, 0.29) is 5.95 Å². The smallest absolute Gasteiger partial charge is 0.245 e. The zero-order valence-corrected chi connectivity index (χ0v) is 11.5. The molecule has 106 valence electrons. The van der Waals surface area contributed by atoms with Gasteiger partial charge in [-0.1, -0.05) is 30.3 Å². The molecule has 0 fully saturated rings. The SMILES string of the molecule is CCOc1nc(N)nc(-c2ccccc2)c1-n1cncn1. The summed E-state index contributed by atoms with van der Waals surface area (Å²) >= 11 is 0. The molecule has 21 heavy (non-hydrogen) atoms. The molecule has 0 radical (unpaired) electrons.